The van der Waals surface area contributed by atoms with Crippen molar-refractivity contribution in [1.29, 1.82) is 0 Å². The SMILES string of the molecule is CCC(C)(C)Oc1cc2[nH]c3ccncc3c2cc1SCOC. The van der Waals surface area contributed by atoms with Gasteiger partial charge in [-0.05, 0) is 32.4 Å². The van der Waals surface area contributed by atoms with Gasteiger partial charge in [0.25, 0.3) is 0 Å². The molecule has 0 bridgehead atoms. The maximum Gasteiger partial charge on any atom is 0.135 e. The van der Waals surface area contributed by atoms with E-state index in [9.17, 15) is 0 Å². The van der Waals surface area contributed by atoms with Crippen LogP contribution in [-0.2, 0) is 4.74 Å². The Labute approximate surface area is 140 Å². The molecule has 0 atom stereocenters. The Bertz CT molecular complexity index is 826. The van der Waals surface area contributed by atoms with Gasteiger partial charge in [0.05, 0.1) is 16.4 Å². The molecule has 0 aliphatic carbocycles. The van der Waals surface area contributed by atoms with Crippen molar-refractivity contribution in [2.24, 2.45) is 0 Å². The van der Waals surface area contributed by atoms with Crippen molar-refractivity contribution in [1.82, 2.24) is 9.97 Å². The number of nitrogens with one attached hydrogen (secondary N) is 1. The highest BCUT2D eigenvalue weighted by atomic mass is 32.2. The van der Waals surface area contributed by atoms with E-state index in [1.807, 2.05) is 12.3 Å². The number of thioether (sulfide) groups is 1. The lowest BCUT2D eigenvalue weighted by Crippen LogP contribution is -2.27. The molecular formula is C18H22N2O2S. The fourth-order valence-corrected chi connectivity index (χ4v) is 3.12. The van der Waals surface area contributed by atoms with Crippen LogP contribution in [0.4, 0.5) is 0 Å². The predicted molar refractivity (Wildman–Crippen MR) is 96.3 cm³/mol. The number of methoxy groups -OCH3 is 1. The van der Waals surface area contributed by atoms with E-state index in [0.717, 1.165) is 38.9 Å². The molecule has 3 rings (SSSR count). The van der Waals surface area contributed by atoms with Gasteiger partial charge in [0, 0.05) is 41.9 Å². The second-order valence-electron chi connectivity index (χ2n) is 6.16. The van der Waals surface area contributed by atoms with Crippen LogP contribution in [0.1, 0.15) is 27.2 Å². The average molecular weight is 330 g/mol. The highest BCUT2D eigenvalue weighted by Crippen LogP contribution is 2.38. The Kier molecular flexibility index (Phi) is 4.50. The minimum Gasteiger partial charge on any atom is -0.487 e. The summed E-state index contributed by atoms with van der Waals surface area (Å²) in [6.45, 7) is 6.35. The normalized spacial score (nSPS) is 12.2. The molecule has 0 saturated carbocycles. The van der Waals surface area contributed by atoms with Crippen LogP contribution >= 0.6 is 11.8 Å². The average Bonchev–Trinajstić information content (AvgIpc) is 2.89. The monoisotopic (exact) mass is 330 g/mol. The standard InChI is InChI=1S/C18H22N2O2S/c1-5-18(2,3)22-16-9-15-12(8-17(16)23-11-21-4)13-10-19-7-6-14(13)20-15/h6-10,20H,5,11H2,1-4H3. The van der Waals surface area contributed by atoms with Crippen LogP contribution in [0, 0.1) is 0 Å². The van der Waals surface area contributed by atoms with E-state index in [4.69, 9.17) is 9.47 Å². The number of benzene rings is 1. The predicted octanol–water partition coefficient (Wildman–Crippen LogP) is 4.98. The molecule has 1 N–H and O–H groups in total. The molecule has 3 aromatic rings. The fraction of sp³-hybridized carbons (Fsp3) is 0.389. The molecule has 2 heterocycles. The molecule has 23 heavy (non-hydrogen) atoms. The van der Waals surface area contributed by atoms with Crippen LogP contribution in [0.5, 0.6) is 5.75 Å². The molecule has 0 spiro atoms. The first-order valence-corrected chi connectivity index (χ1v) is 8.73. The first-order chi connectivity index (χ1) is 11.0. The first-order valence-electron chi connectivity index (χ1n) is 7.74. The first kappa shape index (κ1) is 16.1. The van der Waals surface area contributed by atoms with Crippen LogP contribution < -0.4 is 4.74 Å². The van der Waals surface area contributed by atoms with E-state index in [-0.39, 0.29) is 5.60 Å². The minimum absolute atomic E-state index is 0.205. The van der Waals surface area contributed by atoms with E-state index in [2.05, 4.69) is 42.9 Å². The van der Waals surface area contributed by atoms with Gasteiger partial charge in [-0.3, -0.25) is 4.98 Å². The zero-order valence-electron chi connectivity index (χ0n) is 14.0. The fourth-order valence-electron chi connectivity index (χ4n) is 2.43. The number of aromatic amines is 1. The Balaban J connectivity index is 2.14. The summed E-state index contributed by atoms with van der Waals surface area (Å²) in [6.07, 6.45) is 4.64. The van der Waals surface area contributed by atoms with Gasteiger partial charge >= 0.3 is 0 Å². The van der Waals surface area contributed by atoms with Crippen molar-refractivity contribution in [3.63, 3.8) is 0 Å². The molecule has 4 nitrogen and oxygen atoms in total. The Morgan fingerprint density at radius 2 is 2.04 bits per heavy atom. The van der Waals surface area contributed by atoms with Crippen LogP contribution in [0.25, 0.3) is 21.8 Å². The topological polar surface area (TPSA) is 47.1 Å². The third-order valence-corrected chi connectivity index (χ3v) is 5.02. The van der Waals surface area contributed by atoms with Crippen molar-refractivity contribution < 1.29 is 9.47 Å². The number of nitrogens with zero attached hydrogens (tertiary/aromatic N) is 1. The van der Waals surface area contributed by atoms with E-state index in [1.54, 1.807) is 25.1 Å². The van der Waals surface area contributed by atoms with Crippen LogP contribution in [0.2, 0.25) is 0 Å². The van der Waals surface area contributed by atoms with Gasteiger partial charge < -0.3 is 14.5 Å². The molecule has 1 aromatic carbocycles. The van der Waals surface area contributed by atoms with Gasteiger partial charge in [-0.2, -0.15) is 0 Å². The number of hydrogen-bond acceptors (Lipinski definition) is 4. The van der Waals surface area contributed by atoms with Crippen molar-refractivity contribution in [2.45, 2.75) is 37.7 Å². The molecule has 0 unspecified atom stereocenters. The van der Waals surface area contributed by atoms with E-state index < -0.39 is 0 Å². The Morgan fingerprint density at radius 1 is 1.22 bits per heavy atom. The highest BCUT2D eigenvalue weighted by Gasteiger charge is 2.20. The van der Waals surface area contributed by atoms with Crippen LogP contribution in [-0.4, -0.2) is 28.6 Å². The molecule has 0 saturated heterocycles. The number of pyridine rings is 1. The summed E-state index contributed by atoms with van der Waals surface area (Å²) in [5.74, 6) is 1.49. The molecule has 0 aliphatic rings. The minimum atomic E-state index is -0.205. The number of fused-ring (bicyclic) bond motifs is 3. The van der Waals surface area contributed by atoms with Gasteiger partial charge in [0.1, 0.15) is 11.4 Å². The van der Waals surface area contributed by atoms with Crippen molar-refractivity contribution >= 4 is 33.6 Å². The molecule has 0 radical (unpaired) electrons. The summed E-state index contributed by atoms with van der Waals surface area (Å²) in [5.41, 5.74) is 1.95. The Morgan fingerprint density at radius 3 is 2.78 bits per heavy atom. The summed E-state index contributed by atoms with van der Waals surface area (Å²) in [7, 11) is 1.71. The second kappa shape index (κ2) is 6.42. The summed E-state index contributed by atoms with van der Waals surface area (Å²) in [6, 6.07) is 6.25. The van der Waals surface area contributed by atoms with Crippen molar-refractivity contribution in [3.05, 3.63) is 30.6 Å². The molecule has 0 aliphatic heterocycles. The van der Waals surface area contributed by atoms with E-state index in [1.165, 1.54) is 0 Å². The van der Waals surface area contributed by atoms with E-state index in [0.29, 0.717) is 5.94 Å². The molecule has 0 amide bonds. The lowest BCUT2D eigenvalue weighted by atomic mass is 10.1. The van der Waals surface area contributed by atoms with Crippen LogP contribution in [0.15, 0.2) is 35.5 Å². The summed E-state index contributed by atoms with van der Waals surface area (Å²) in [4.78, 5) is 8.77. The van der Waals surface area contributed by atoms with Crippen molar-refractivity contribution in [2.75, 3.05) is 13.0 Å². The van der Waals surface area contributed by atoms with Crippen LogP contribution in [0.3, 0.4) is 0 Å². The third kappa shape index (κ3) is 3.31. The molecule has 2 aromatic heterocycles. The van der Waals surface area contributed by atoms with Gasteiger partial charge in [0.2, 0.25) is 0 Å². The summed E-state index contributed by atoms with van der Waals surface area (Å²) < 4.78 is 11.5. The van der Waals surface area contributed by atoms with Gasteiger partial charge in [-0.15, -0.1) is 0 Å². The third-order valence-electron chi connectivity index (χ3n) is 4.03. The maximum absolute atomic E-state index is 6.27. The molecule has 0 fully saturated rings. The lowest BCUT2D eigenvalue weighted by molar-refractivity contribution is 0.102. The second-order valence-corrected chi connectivity index (χ2v) is 7.12. The number of H-pyrrole nitrogens is 1. The highest BCUT2D eigenvalue weighted by molar-refractivity contribution is 7.99. The largest absolute Gasteiger partial charge is 0.487 e. The molecular weight excluding hydrogens is 308 g/mol. The lowest BCUT2D eigenvalue weighted by Gasteiger charge is -2.26. The van der Waals surface area contributed by atoms with Gasteiger partial charge in [-0.1, -0.05) is 18.7 Å². The smallest absolute Gasteiger partial charge is 0.135 e. The summed E-state index contributed by atoms with van der Waals surface area (Å²) >= 11 is 1.64. The number of ether oxygens (including phenoxy) is 2. The quantitative estimate of drug-likeness (QED) is 0.511. The van der Waals surface area contributed by atoms with Gasteiger partial charge in [0.15, 0.2) is 0 Å². The van der Waals surface area contributed by atoms with Crippen molar-refractivity contribution in [3.8, 4) is 5.75 Å². The van der Waals surface area contributed by atoms with Gasteiger partial charge in [-0.25, -0.2) is 0 Å². The Hall–Kier alpha value is -1.72. The molecule has 5 heteroatoms. The number of hydrogen-bond donors (Lipinski definition) is 1. The summed E-state index contributed by atoms with van der Waals surface area (Å²) in [5, 5.41) is 2.29. The van der Waals surface area contributed by atoms with E-state index >= 15 is 0 Å². The zero-order valence-corrected chi connectivity index (χ0v) is 14.8. The number of aromatic nitrogens is 2. The number of rotatable bonds is 6. The maximum atomic E-state index is 6.27. The zero-order chi connectivity index (χ0) is 16.4. The molecule has 122 valence electrons.